The van der Waals surface area contributed by atoms with E-state index in [1.54, 1.807) is 7.11 Å². The van der Waals surface area contributed by atoms with Gasteiger partial charge in [0.05, 0.1) is 7.11 Å². The van der Waals surface area contributed by atoms with Crippen molar-refractivity contribution < 1.29 is 4.74 Å². The quantitative estimate of drug-likeness (QED) is 0.614. The number of benzene rings is 3. The highest BCUT2D eigenvalue weighted by atomic mass is 16.5. The molecule has 4 rings (SSSR count). The standard InChI is InChI=1S/C21H20O/c1-22-20-14-13-16-8-3-5-11-18(16)21(20)19-12-6-9-15-7-2-4-10-17(15)19/h3,5-6,8-9,11-14H,2,4,7,10H2,1H3. The summed E-state index contributed by atoms with van der Waals surface area (Å²) in [6.45, 7) is 0. The van der Waals surface area contributed by atoms with Crippen LogP contribution in [0.15, 0.2) is 54.6 Å². The van der Waals surface area contributed by atoms with Crippen LogP contribution in [0, 0.1) is 0 Å². The Morgan fingerprint density at radius 3 is 2.59 bits per heavy atom. The van der Waals surface area contributed by atoms with Gasteiger partial charge in [0, 0.05) is 5.56 Å². The third kappa shape index (κ3) is 2.09. The average Bonchev–Trinajstić information content (AvgIpc) is 2.60. The summed E-state index contributed by atoms with van der Waals surface area (Å²) in [5.74, 6) is 0.970. The number of ether oxygens (including phenoxy) is 1. The normalized spacial score (nSPS) is 13.9. The summed E-state index contributed by atoms with van der Waals surface area (Å²) in [5, 5.41) is 2.55. The molecule has 22 heavy (non-hydrogen) atoms. The van der Waals surface area contributed by atoms with E-state index in [1.165, 1.54) is 58.7 Å². The summed E-state index contributed by atoms with van der Waals surface area (Å²) >= 11 is 0. The van der Waals surface area contributed by atoms with Crippen LogP contribution in [0.25, 0.3) is 21.9 Å². The number of fused-ring (bicyclic) bond motifs is 2. The van der Waals surface area contributed by atoms with Crippen LogP contribution in [0.3, 0.4) is 0 Å². The molecule has 0 bridgehead atoms. The van der Waals surface area contributed by atoms with Gasteiger partial charge in [0.2, 0.25) is 0 Å². The van der Waals surface area contributed by atoms with E-state index < -0.39 is 0 Å². The summed E-state index contributed by atoms with van der Waals surface area (Å²) in [4.78, 5) is 0. The lowest BCUT2D eigenvalue weighted by molar-refractivity contribution is 0.417. The van der Waals surface area contributed by atoms with Gasteiger partial charge in [0.25, 0.3) is 0 Å². The number of hydrogen-bond donors (Lipinski definition) is 0. The Bertz CT molecular complexity index is 832. The first-order valence-corrected chi connectivity index (χ1v) is 8.05. The first-order valence-electron chi connectivity index (χ1n) is 8.05. The monoisotopic (exact) mass is 288 g/mol. The highest BCUT2D eigenvalue weighted by Crippen LogP contribution is 2.41. The van der Waals surface area contributed by atoms with Gasteiger partial charge in [0.15, 0.2) is 0 Å². The number of rotatable bonds is 2. The van der Waals surface area contributed by atoms with Crippen molar-refractivity contribution in [3.8, 4) is 16.9 Å². The third-order valence-electron chi connectivity index (χ3n) is 4.78. The van der Waals surface area contributed by atoms with Gasteiger partial charge in [0.1, 0.15) is 5.75 Å². The third-order valence-corrected chi connectivity index (χ3v) is 4.78. The molecule has 0 saturated carbocycles. The number of hydrogen-bond acceptors (Lipinski definition) is 1. The van der Waals surface area contributed by atoms with Gasteiger partial charge in [-0.25, -0.2) is 0 Å². The molecule has 1 heteroatoms. The molecule has 3 aromatic rings. The van der Waals surface area contributed by atoms with Crippen LogP contribution in [0.5, 0.6) is 5.75 Å². The van der Waals surface area contributed by atoms with Crippen LogP contribution in [0.1, 0.15) is 24.0 Å². The fourth-order valence-corrected chi connectivity index (χ4v) is 3.72. The largest absolute Gasteiger partial charge is 0.496 e. The highest BCUT2D eigenvalue weighted by molar-refractivity contribution is 6.00. The molecule has 0 aromatic heterocycles. The summed E-state index contributed by atoms with van der Waals surface area (Å²) in [5.41, 5.74) is 5.63. The Labute approximate surface area is 131 Å². The van der Waals surface area contributed by atoms with Gasteiger partial charge in [-0.3, -0.25) is 0 Å². The molecule has 110 valence electrons. The van der Waals surface area contributed by atoms with Gasteiger partial charge in [-0.05, 0) is 59.2 Å². The van der Waals surface area contributed by atoms with Gasteiger partial charge >= 0.3 is 0 Å². The zero-order chi connectivity index (χ0) is 14.9. The molecule has 0 N–H and O–H groups in total. The molecular formula is C21H20O. The van der Waals surface area contributed by atoms with Crippen molar-refractivity contribution in [1.82, 2.24) is 0 Å². The molecule has 1 nitrogen and oxygen atoms in total. The van der Waals surface area contributed by atoms with Crippen molar-refractivity contribution in [2.75, 3.05) is 7.11 Å². The Morgan fingerprint density at radius 1 is 0.818 bits per heavy atom. The molecule has 0 aliphatic heterocycles. The molecule has 0 amide bonds. The Morgan fingerprint density at radius 2 is 1.68 bits per heavy atom. The summed E-state index contributed by atoms with van der Waals surface area (Å²) in [6, 6.07) is 19.6. The molecule has 0 fully saturated rings. The molecule has 0 spiro atoms. The first kappa shape index (κ1) is 13.4. The minimum Gasteiger partial charge on any atom is -0.496 e. The van der Waals surface area contributed by atoms with E-state index in [-0.39, 0.29) is 0 Å². The molecular weight excluding hydrogens is 268 g/mol. The van der Waals surface area contributed by atoms with Crippen molar-refractivity contribution in [3.05, 3.63) is 65.7 Å². The molecule has 3 aromatic carbocycles. The summed E-state index contributed by atoms with van der Waals surface area (Å²) in [6.07, 6.45) is 4.98. The van der Waals surface area contributed by atoms with E-state index in [1.807, 2.05) is 0 Å². The molecule has 0 saturated heterocycles. The predicted molar refractivity (Wildman–Crippen MR) is 92.6 cm³/mol. The molecule has 1 aliphatic carbocycles. The Balaban J connectivity index is 2.05. The maximum atomic E-state index is 5.70. The van der Waals surface area contributed by atoms with E-state index in [0.717, 1.165) is 5.75 Å². The van der Waals surface area contributed by atoms with E-state index in [2.05, 4.69) is 54.6 Å². The van der Waals surface area contributed by atoms with E-state index >= 15 is 0 Å². The zero-order valence-corrected chi connectivity index (χ0v) is 12.9. The van der Waals surface area contributed by atoms with Crippen LogP contribution < -0.4 is 4.74 Å². The van der Waals surface area contributed by atoms with Crippen LogP contribution in [0.2, 0.25) is 0 Å². The van der Waals surface area contributed by atoms with Crippen LogP contribution in [0.4, 0.5) is 0 Å². The number of aryl methyl sites for hydroxylation is 1. The lowest BCUT2D eigenvalue weighted by Gasteiger charge is -2.21. The topological polar surface area (TPSA) is 9.23 Å². The second-order valence-electron chi connectivity index (χ2n) is 6.01. The molecule has 0 atom stereocenters. The van der Waals surface area contributed by atoms with Gasteiger partial charge in [-0.2, -0.15) is 0 Å². The SMILES string of the molecule is COc1ccc2ccccc2c1-c1cccc2c1CCCC2. The summed E-state index contributed by atoms with van der Waals surface area (Å²) in [7, 11) is 1.77. The second kappa shape index (κ2) is 5.49. The maximum Gasteiger partial charge on any atom is 0.127 e. The fourth-order valence-electron chi connectivity index (χ4n) is 3.72. The second-order valence-corrected chi connectivity index (χ2v) is 6.01. The van der Waals surface area contributed by atoms with Crippen LogP contribution in [-0.2, 0) is 12.8 Å². The van der Waals surface area contributed by atoms with Gasteiger partial charge in [-0.1, -0.05) is 48.5 Å². The minimum atomic E-state index is 0.970. The predicted octanol–water partition coefficient (Wildman–Crippen LogP) is 5.39. The fraction of sp³-hybridized carbons (Fsp3) is 0.238. The minimum absolute atomic E-state index is 0.970. The van der Waals surface area contributed by atoms with Crippen molar-refractivity contribution in [2.45, 2.75) is 25.7 Å². The Kier molecular flexibility index (Phi) is 3.34. The average molecular weight is 288 g/mol. The first-order chi connectivity index (χ1) is 10.9. The van der Waals surface area contributed by atoms with Crippen molar-refractivity contribution in [3.63, 3.8) is 0 Å². The highest BCUT2D eigenvalue weighted by Gasteiger charge is 2.18. The lowest BCUT2D eigenvalue weighted by atomic mass is 9.84. The van der Waals surface area contributed by atoms with Crippen molar-refractivity contribution in [2.24, 2.45) is 0 Å². The molecule has 0 heterocycles. The van der Waals surface area contributed by atoms with E-state index in [4.69, 9.17) is 4.74 Å². The van der Waals surface area contributed by atoms with E-state index in [9.17, 15) is 0 Å². The van der Waals surface area contributed by atoms with Crippen molar-refractivity contribution in [1.29, 1.82) is 0 Å². The summed E-state index contributed by atoms with van der Waals surface area (Å²) < 4.78 is 5.70. The van der Waals surface area contributed by atoms with Crippen LogP contribution in [-0.4, -0.2) is 7.11 Å². The number of methoxy groups -OCH3 is 1. The smallest absolute Gasteiger partial charge is 0.127 e. The van der Waals surface area contributed by atoms with Gasteiger partial charge < -0.3 is 4.74 Å². The van der Waals surface area contributed by atoms with E-state index in [0.29, 0.717) is 0 Å². The van der Waals surface area contributed by atoms with Crippen molar-refractivity contribution >= 4 is 10.8 Å². The molecule has 0 unspecified atom stereocenters. The molecule has 1 aliphatic rings. The van der Waals surface area contributed by atoms with Gasteiger partial charge in [-0.15, -0.1) is 0 Å². The maximum absolute atomic E-state index is 5.70. The Hall–Kier alpha value is -2.28. The molecule has 0 radical (unpaired) electrons. The lowest BCUT2D eigenvalue weighted by Crippen LogP contribution is -2.05. The van der Waals surface area contributed by atoms with Crippen LogP contribution >= 0.6 is 0 Å². The zero-order valence-electron chi connectivity index (χ0n) is 12.9.